The summed E-state index contributed by atoms with van der Waals surface area (Å²) in [4.78, 5) is 0. The Morgan fingerprint density at radius 2 is 2.18 bits per heavy atom. The van der Waals surface area contributed by atoms with Gasteiger partial charge in [-0.2, -0.15) is 11.3 Å². The first kappa shape index (κ1) is 13.1. The zero-order chi connectivity index (χ0) is 11.9. The second-order valence-electron chi connectivity index (χ2n) is 5.26. The molecule has 0 saturated heterocycles. The third-order valence-electron chi connectivity index (χ3n) is 4.00. The van der Waals surface area contributed by atoms with Gasteiger partial charge in [0, 0.05) is 6.04 Å². The lowest BCUT2D eigenvalue weighted by Crippen LogP contribution is -2.35. The monoisotopic (exact) mass is 252 g/mol. The Kier molecular flexibility index (Phi) is 5.49. The number of nitrogens with one attached hydrogen (secondary N) is 1. The molecule has 1 aliphatic carbocycles. The van der Waals surface area contributed by atoms with E-state index in [4.69, 9.17) is 5.84 Å². The molecule has 1 atom stereocenters. The van der Waals surface area contributed by atoms with Crippen LogP contribution in [0.15, 0.2) is 16.8 Å². The number of hydrogen-bond donors (Lipinski definition) is 2. The summed E-state index contributed by atoms with van der Waals surface area (Å²) in [7, 11) is 0. The molecule has 17 heavy (non-hydrogen) atoms. The average Bonchev–Trinajstić information content (AvgIpc) is 3.02. The van der Waals surface area contributed by atoms with Crippen LogP contribution < -0.4 is 11.3 Å². The van der Waals surface area contributed by atoms with Gasteiger partial charge in [0.1, 0.15) is 0 Å². The summed E-state index contributed by atoms with van der Waals surface area (Å²) >= 11 is 1.78. The predicted octanol–water partition coefficient (Wildman–Crippen LogP) is 3.48. The molecule has 0 radical (unpaired) electrons. The van der Waals surface area contributed by atoms with Gasteiger partial charge in [-0.15, -0.1) is 0 Å². The van der Waals surface area contributed by atoms with Crippen molar-refractivity contribution < 1.29 is 0 Å². The van der Waals surface area contributed by atoms with Crippen molar-refractivity contribution in [3.63, 3.8) is 0 Å². The molecule has 96 valence electrons. The van der Waals surface area contributed by atoms with E-state index in [9.17, 15) is 0 Å². The van der Waals surface area contributed by atoms with Crippen LogP contribution in [0.2, 0.25) is 0 Å². The summed E-state index contributed by atoms with van der Waals surface area (Å²) in [5.74, 6) is 6.63. The lowest BCUT2D eigenvalue weighted by atomic mass is 9.96. The zero-order valence-electron chi connectivity index (χ0n) is 10.5. The molecular formula is C14H24N2S. The molecule has 1 aromatic rings. The molecule has 1 unspecified atom stereocenters. The van der Waals surface area contributed by atoms with E-state index in [0.717, 1.165) is 12.3 Å². The van der Waals surface area contributed by atoms with Gasteiger partial charge in [-0.25, -0.2) is 0 Å². The van der Waals surface area contributed by atoms with E-state index in [2.05, 4.69) is 22.3 Å². The van der Waals surface area contributed by atoms with Crippen molar-refractivity contribution in [1.29, 1.82) is 0 Å². The van der Waals surface area contributed by atoms with Crippen LogP contribution in [0, 0.1) is 5.92 Å². The Morgan fingerprint density at radius 1 is 1.35 bits per heavy atom. The summed E-state index contributed by atoms with van der Waals surface area (Å²) in [5, 5.41) is 4.39. The van der Waals surface area contributed by atoms with Crippen LogP contribution in [0.25, 0.3) is 0 Å². The van der Waals surface area contributed by atoms with E-state index in [1.807, 2.05) is 0 Å². The fourth-order valence-electron chi connectivity index (χ4n) is 2.82. The largest absolute Gasteiger partial charge is 0.271 e. The summed E-state index contributed by atoms with van der Waals surface area (Å²) in [5.41, 5.74) is 4.45. The molecule has 1 saturated carbocycles. The molecule has 2 rings (SSSR count). The van der Waals surface area contributed by atoms with Gasteiger partial charge in [-0.1, -0.05) is 25.7 Å². The van der Waals surface area contributed by atoms with E-state index in [0.29, 0.717) is 6.04 Å². The lowest BCUT2D eigenvalue weighted by molar-refractivity contribution is 0.394. The lowest BCUT2D eigenvalue weighted by Gasteiger charge is -2.17. The highest BCUT2D eigenvalue weighted by molar-refractivity contribution is 7.07. The maximum Gasteiger partial charge on any atom is 0.0213 e. The topological polar surface area (TPSA) is 38.0 Å². The van der Waals surface area contributed by atoms with Crippen LogP contribution in [0.5, 0.6) is 0 Å². The third-order valence-corrected chi connectivity index (χ3v) is 4.73. The first-order valence-electron chi connectivity index (χ1n) is 6.85. The highest BCUT2D eigenvalue weighted by atomic mass is 32.1. The van der Waals surface area contributed by atoms with E-state index in [1.54, 1.807) is 11.3 Å². The molecule has 0 bridgehead atoms. The van der Waals surface area contributed by atoms with Gasteiger partial charge >= 0.3 is 0 Å². The Morgan fingerprint density at radius 3 is 2.82 bits per heavy atom. The molecule has 0 aliphatic heterocycles. The molecule has 1 heterocycles. The van der Waals surface area contributed by atoms with E-state index < -0.39 is 0 Å². The van der Waals surface area contributed by atoms with E-state index in [1.165, 1.54) is 50.5 Å². The Hall–Kier alpha value is -0.380. The van der Waals surface area contributed by atoms with Crippen LogP contribution in [0.3, 0.4) is 0 Å². The third kappa shape index (κ3) is 4.41. The molecule has 0 spiro atoms. The Bertz CT molecular complexity index is 291. The molecule has 1 aromatic heterocycles. The standard InChI is InChI=1S/C14H24N2S/c15-16-14(7-5-12-3-1-2-4-12)8-6-13-9-10-17-11-13/h9-12,14,16H,1-8,15H2. The number of thiophene rings is 1. The van der Waals surface area contributed by atoms with Crippen LogP contribution in [0.1, 0.15) is 50.5 Å². The van der Waals surface area contributed by atoms with Gasteiger partial charge in [-0.3, -0.25) is 11.3 Å². The average molecular weight is 252 g/mol. The van der Waals surface area contributed by atoms with E-state index >= 15 is 0 Å². The minimum Gasteiger partial charge on any atom is -0.271 e. The van der Waals surface area contributed by atoms with Crippen molar-refractivity contribution in [3.05, 3.63) is 22.4 Å². The molecule has 2 nitrogen and oxygen atoms in total. The van der Waals surface area contributed by atoms with Crippen molar-refractivity contribution in [2.45, 2.75) is 57.4 Å². The Labute approximate surface area is 109 Å². The summed E-state index contributed by atoms with van der Waals surface area (Å²) in [6.07, 6.45) is 10.7. The molecule has 1 fully saturated rings. The Balaban J connectivity index is 1.65. The first-order chi connectivity index (χ1) is 8.38. The maximum atomic E-state index is 5.65. The van der Waals surface area contributed by atoms with Gasteiger partial charge < -0.3 is 0 Å². The first-order valence-corrected chi connectivity index (χ1v) is 7.80. The second-order valence-corrected chi connectivity index (χ2v) is 6.04. The molecule has 3 N–H and O–H groups in total. The minimum atomic E-state index is 0.496. The van der Waals surface area contributed by atoms with Gasteiger partial charge in [0.25, 0.3) is 0 Å². The summed E-state index contributed by atoms with van der Waals surface area (Å²) in [6, 6.07) is 2.71. The fourth-order valence-corrected chi connectivity index (χ4v) is 3.53. The highest BCUT2D eigenvalue weighted by Gasteiger charge is 2.16. The molecular weight excluding hydrogens is 228 g/mol. The van der Waals surface area contributed by atoms with Gasteiger partial charge in [0.15, 0.2) is 0 Å². The van der Waals surface area contributed by atoms with Gasteiger partial charge in [0.05, 0.1) is 0 Å². The number of nitrogens with two attached hydrogens (primary N) is 1. The molecule has 3 heteroatoms. The van der Waals surface area contributed by atoms with Gasteiger partial charge in [-0.05, 0) is 54.0 Å². The van der Waals surface area contributed by atoms with Crippen molar-refractivity contribution in [3.8, 4) is 0 Å². The molecule has 0 amide bonds. The van der Waals surface area contributed by atoms with Crippen molar-refractivity contribution in [2.75, 3.05) is 0 Å². The number of hydrogen-bond acceptors (Lipinski definition) is 3. The smallest absolute Gasteiger partial charge is 0.0213 e. The van der Waals surface area contributed by atoms with Crippen molar-refractivity contribution >= 4 is 11.3 Å². The number of hydrazine groups is 1. The van der Waals surface area contributed by atoms with Crippen LogP contribution in [0.4, 0.5) is 0 Å². The quantitative estimate of drug-likeness (QED) is 0.576. The fraction of sp³-hybridized carbons (Fsp3) is 0.714. The van der Waals surface area contributed by atoms with E-state index in [-0.39, 0.29) is 0 Å². The predicted molar refractivity (Wildman–Crippen MR) is 74.9 cm³/mol. The van der Waals surface area contributed by atoms with Crippen molar-refractivity contribution in [2.24, 2.45) is 11.8 Å². The summed E-state index contributed by atoms with van der Waals surface area (Å²) in [6.45, 7) is 0. The maximum absolute atomic E-state index is 5.65. The van der Waals surface area contributed by atoms with Gasteiger partial charge in [0.2, 0.25) is 0 Å². The van der Waals surface area contributed by atoms with Crippen LogP contribution in [-0.4, -0.2) is 6.04 Å². The number of rotatable bonds is 7. The molecule has 0 aromatic carbocycles. The second kappa shape index (κ2) is 7.14. The zero-order valence-corrected chi connectivity index (χ0v) is 11.3. The SMILES string of the molecule is NNC(CCc1ccsc1)CCC1CCCC1. The minimum absolute atomic E-state index is 0.496. The van der Waals surface area contributed by atoms with Crippen LogP contribution >= 0.6 is 11.3 Å². The number of aryl methyl sites for hydroxylation is 1. The molecule has 1 aliphatic rings. The van der Waals surface area contributed by atoms with Crippen molar-refractivity contribution in [1.82, 2.24) is 5.43 Å². The highest BCUT2D eigenvalue weighted by Crippen LogP contribution is 2.29. The summed E-state index contributed by atoms with van der Waals surface area (Å²) < 4.78 is 0. The van der Waals surface area contributed by atoms with Crippen LogP contribution in [-0.2, 0) is 6.42 Å². The normalized spacial score (nSPS) is 18.6.